The first kappa shape index (κ1) is 49.2. The van der Waals surface area contributed by atoms with Crippen molar-refractivity contribution in [3.8, 4) is 0 Å². The number of phosphoric acid groups is 1. The molecule has 1 N–H and O–H groups in total. The summed E-state index contributed by atoms with van der Waals surface area (Å²) in [4.78, 5) is 14.6. The molecule has 0 bridgehead atoms. The molecule has 0 saturated heterocycles. The van der Waals surface area contributed by atoms with E-state index in [9.17, 15) is 9.46 Å². The summed E-state index contributed by atoms with van der Waals surface area (Å²) in [6.07, 6.45) is 39.4. The SMILES string of the molecule is CCCCCCCCCCCCCCCCOCC(C)(COCCCCCCCCCCCCCCCC)COP(=O)(O)OCCc1ccccn1. The van der Waals surface area contributed by atoms with Crippen LogP contribution >= 0.6 is 7.82 Å². The number of hydrogen-bond donors (Lipinski definition) is 1. The maximum atomic E-state index is 12.7. The zero-order valence-electron chi connectivity index (χ0n) is 34.4. The van der Waals surface area contributed by atoms with E-state index >= 15 is 0 Å². The fraction of sp³-hybridized carbons (Fsp3) is 0.886. The summed E-state index contributed by atoms with van der Waals surface area (Å²) in [5, 5.41) is 0. The molecule has 1 aromatic heterocycles. The highest BCUT2D eigenvalue weighted by Gasteiger charge is 2.31. The molecule has 1 heterocycles. The summed E-state index contributed by atoms with van der Waals surface area (Å²) in [5.74, 6) is 0. The van der Waals surface area contributed by atoms with Crippen LogP contribution in [0.1, 0.15) is 206 Å². The third-order valence-corrected chi connectivity index (χ3v) is 11.1. The lowest BCUT2D eigenvalue weighted by molar-refractivity contribution is -0.0424. The predicted octanol–water partition coefficient (Wildman–Crippen LogP) is 13.8. The minimum Gasteiger partial charge on any atom is -0.381 e. The lowest BCUT2D eigenvalue weighted by Crippen LogP contribution is -2.34. The third kappa shape index (κ3) is 32.6. The molecule has 52 heavy (non-hydrogen) atoms. The molecule has 7 nitrogen and oxygen atoms in total. The van der Waals surface area contributed by atoms with Crippen LogP contribution in [0.2, 0.25) is 0 Å². The van der Waals surface area contributed by atoms with Crippen molar-refractivity contribution in [1.29, 1.82) is 0 Å². The first-order chi connectivity index (χ1) is 25.4. The summed E-state index contributed by atoms with van der Waals surface area (Å²) in [5.41, 5.74) is 0.260. The molecular formula is C44H84NO6P. The highest BCUT2D eigenvalue weighted by molar-refractivity contribution is 7.47. The van der Waals surface area contributed by atoms with Gasteiger partial charge in [0.1, 0.15) is 0 Å². The van der Waals surface area contributed by atoms with Gasteiger partial charge < -0.3 is 14.4 Å². The normalized spacial score (nSPS) is 13.2. The second-order valence-corrected chi connectivity index (χ2v) is 17.2. The molecule has 0 aliphatic carbocycles. The van der Waals surface area contributed by atoms with E-state index in [0.29, 0.717) is 32.8 Å². The largest absolute Gasteiger partial charge is 0.472 e. The van der Waals surface area contributed by atoms with E-state index in [0.717, 1.165) is 18.5 Å². The standard InChI is InChI=1S/C44H84NO6P/c1-4-6-8-10-12-14-16-18-20-22-24-26-28-32-37-48-40-44(3,42-51-52(46,47)50-39-35-43-34-30-31-36-45-43)41-49-38-33-29-27-25-23-21-19-17-15-13-11-9-7-5-2/h30-31,34,36H,4-29,32-33,35,37-42H2,1-3H3,(H,46,47). The summed E-state index contributed by atoms with van der Waals surface area (Å²) in [7, 11) is -4.22. The van der Waals surface area contributed by atoms with Gasteiger partial charge in [-0.15, -0.1) is 0 Å². The Hall–Kier alpha value is -0.820. The lowest BCUT2D eigenvalue weighted by Gasteiger charge is -2.29. The van der Waals surface area contributed by atoms with Gasteiger partial charge in [0, 0.05) is 36.9 Å². The Morgan fingerprint density at radius 2 is 0.923 bits per heavy atom. The van der Waals surface area contributed by atoms with Crippen LogP contribution in [0.15, 0.2) is 24.4 Å². The maximum absolute atomic E-state index is 12.7. The molecular weight excluding hydrogens is 669 g/mol. The van der Waals surface area contributed by atoms with Crippen molar-refractivity contribution in [2.75, 3.05) is 39.6 Å². The van der Waals surface area contributed by atoms with Crippen molar-refractivity contribution >= 4 is 7.82 Å². The van der Waals surface area contributed by atoms with Gasteiger partial charge in [-0.2, -0.15) is 0 Å². The van der Waals surface area contributed by atoms with E-state index in [2.05, 4.69) is 18.8 Å². The Labute approximate surface area is 322 Å². The number of ether oxygens (including phenoxy) is 2. The second kappa shape index (κ2) is 35.9. The number of aromatic nitrogens is 1. The Morgan fingerprint density at radius 1 is 0.538 bits per heavy atom. The smallest absolute Gasteiger partial charge is 0.381 e. The van der Waals surface area contributed by atoms with Gasteiger partial charge in [-0.25, -0.2) is 4.57 Å². The monoisotopic (exact) mass is 754 g/mol. The number of phosphoric ester groups is 1. The van der Waals surface area contributed by atoms with Crippen molar-refractivity contribution in [2.24, 2.45) is 5.41 Å². The minimum atomic E-state index is -4.22. The van der Waals surface area contributed by atoms with Gasteiger partial charge in [0.15, 0.2) is 0 Å². The molecule has 1 atom stereocenters. The summed E-state index contributed by atoms with van der Waals surface area (Å²) < 4.78 is 35.7. The van der Waals surface area contributed by atoms with Crippen LogP contribution in [-0.4, -0.2) is 49.5 Å². The Morgan fingerprint density at radius 3 is 1.29 bits per heavy atom. The van der Waals surface area contributed by atoms with Gasteiger partial charge in [0.05, 0.1) is 26.4 Å². The minimum absolute atomic E-state index is 0.0296. The van der Waals surface area contributed by atoms with Crippen molar-refractivity contribution in [3.63, 3.8) is 0 Å². The van der Waals surface area contributed by atoms with Crippen LogP contribution < -0.4 is 0 Å². The van der Waals surface area contributed by atoms with Crippen LogP contribution in [0.3, 0.4) is 0 Å². The lowest BCUT2D eigenvalue weighted by atomic mass is 9.94. The molecule has 8 heteroatoms. The highest BCUT2D eigenvalue weighted by Crippen LogP contribution is 2.44. The molecule has 1 aromatic rings. The van der Waals surface area contributed by atoms with Crippen molar-refractivity contribution in [2.45, 2.75) is 207 Å². The molecule has 0 amide bonds. The van der Waals surface area contributed by atoms with Crippen LogP contribution in [0.5, 0.6) is 0 Å². The Balaban J connectivity index is 2.25. The van der Waals surface area contributed by atoms with Gasteiger partial charge in [0.25, 0.3) is 0 Å². The van der Waals surface area contributed by atoms with Crippen molar-refractivity contribution < 1.29 is 28.0 Å². The summed E-state index contributed by atoms with van der Waals surface area (Å²) in [6, 6.07) is 5.60. The number of pyridine rings is 1. The molecule has 0 fully saturated rings. The number of hydrogen-bond acceptors (Lipinski definition) is 6. The number of nitrogens with zero attached hydrogens (tertiary/aromatic N) is 1. The molecule has 0 aromatic carbocycles. The fourth-order valence-corrected chi connectivity index (χ4v) is 7.52. The first-order valence-corrected chi connectivity index (χ1v) is 23.6. The topological polar surface area (TPSA) is 87.1 Å². The van der Waals surface area contributed by atoms with Crippen molar-refractivity contribution in [3.05, 3.63) is 30.1 Å². The van der Waals surface area contributed by atoms with E-state index in [-0.39, 0.29) is 13.2 Å². The molecule has 1 unspecified atom stereocenters. The van der Waals surface area contributed by atoms with Crippen LogP contribution in [0.4, 0.5) is 0 Å². The average molecular weight is 754 g/mol. The quantitative estimate of drug-likeness (QED) is 0.0526. The molecule has 1 rings (SSSR count). The van der Waals surface area contributed by atoms with Gasteiger partial charge in [0.2, 0.25) is 0 Å². The zero-order valence-corrected chi connectivity index (χ0v) is 35.3. The van der Waals surface area contributed by atoms with Gasteiger partial charge >= 0.3 is 7.82 Å². The maximum Gasteiger partial charge on any atom is 0.472 e. The van der Waals surface area contributed by atoms with Gasteiger partial charge in [-0.3, -0.25) is 14.0 Å². The van der Waals surface area contributed by atoms with Crippen LogP contribution in [0, 0.1) is 5.41 Å². The summed E-state index contributed by atoms with van der Waals surface area (Å²) >= 11 is 0. The highest BCUT2D eigenvalue weighted by atomic mass is 31.2. The summed E-state index contributed by atoms with van der Waals surface area (Å²) in [6.45, 7) is 8.86. The molecule has 0 saturated carbocycles. The molecule has 0 aliphatic rings. The first-order valence-electron chi connectivity index (χ1n) is 22.1. The zero-order chi connectivity index (χ0) is 37.7. The number of unbranched alkanes of at least 4 members (excludes halogenated alkanes) is 26. The van der Waals surface area contributed by atoms with E-state index in [4.69, 9.17) is 18.5 Å². The van der Waals surface area contributed by atoms with E-state index in [1.165, 1.54) is 167 Å². The van der Waals surface area contributed by atoms with Crippen molar-refractivity contribution in [1.82, 2.24) is 4.98 Å². The Kier molecular flexibility index (Phi) is 33.9. The molecule has 0 aliphatic heterocycles. The van der Waals surface area contributed by atoms with E-state index in [1.54, 1.807) is 6.20 Å². The fourth-order valence-electron chi connectivity index (χ4n) is 6.65. The third-order valence-electron chi connectivity index (χ3n) is 10.1. The molecule has 0 radical (unpaired) electrons. The van der Waals surface area contributed by atoms with Crippen LogP contribution in [0.25, 0.3) is 0 Å². The molecule has 0 spiro atoms. The Bertz CT molecular complexity index is 883. The van der Waals surface area contributed by atoms with Gasteiger partial charge in [-0.05, 0) is 25.0 Å². The average Bonchev–Trinajstić information content (AvgIpc) is 3.14. The van der Waals surface area contributed by atoms with Crippen LogP contribution in [-0.2, 0) is 29.5 Å². The predicted molar refractivity (Wildman–Crippen MR) is 220 cm³/mol. The van der Waals surface area contributed by atoms with Gasteiger partial charge in [-0.1, -0.05) is 194 Å². The number of rotatable bonds is 41. The second-order valence-electron chi connectivity index (χ2n) is 15.8. The molecule has 306 valence electrons. The van der Waals surface area contributed by atoms with E-state index in [1.807, 2.05) is 25.1 Å². The van der Waals surface area contributed by atoms with E-state index < -0.39 is 13.2 Å².